The number of benzene rings is 1. The van der Waals surface area contributed by atoms with Gasteiger partial charge in [0.05, 0.1) is 22.0 Å². The highest BCUT2D eigenvalue weighted by Crippen LogP contribution is 2.30. The molecule has 2 aromatic rings. The number of hydrogen-bond donors (Lipinski definition) is 1. The third kappa shape index (κ3) is 3.13. The van der Waals surface area contributed by atoms with Gasteiger partial charge >= 0.3 is 0 Å². The maximum Gasteiger partial charge on any atom is 0.123 e. The molecule has 1 aromatic heterocycles. The fraction of sp³-hybridized carbons (Fsp3) is 0.357. The Labute approximate surface area is 134 Å². The molecule has 0 amide bonds. The summed E-state index contributed by atoms with van der Waals surface area (Å²) in [5, 5.41) is 14.7. The molecule has 0 aliphatic rings. The van der Waals surface area contributed by atoms with E-state index in [1.807, 2.05) is 14.0 Å². The van der Waals surface area contributed by atoms with Crippen molar-refractivity contribution in [2.45, 2.75) is 25.9 Å². The van der Waals surface area contributed by atoms with E-state index in [1.165, 1.54) is 12.1 Å². The highest BCUT2D eigenvalue weighted by molar-refractivity contribution is 9.10. The number of rotatable bonds is 4. The van der Waals surface area contributed by atoms with Crippen molar-refractivity contribution in [3.63, 3.8) is 0 Å². The molecule has 1 atom stereocenters. The first-order chi connectivity index (χ1) is 9.43. The Morgan fingerprint density at radius 1 is 1.40 bits per heavy atom. The Kier molecular flexibility index (Phi) is 4.99. The smallest absolute Gasteiger partial charge is 0.123 e. The summed E-state index contributed by atoms with van der Waals surface area (Å²) >= 11 is 6.86. The van der Waals surface area contributed by atoms with Crippen LogP contribution in [0.15, 0.2) is 27.1 Å². The Morgan fingerprint density at radius 3 is 2.70 bits per heavy atom. The van der Waals surface area contributed by atoms with E-state index in [2.05, 4.69) is 37.0 Å². The van der Waals surface area contributed by atoms with E-state index in [0.29, 0.717) is 16.5 Å². The molecular weight excluding hydrogens is 391 g/mol. The second-order valence-corrected chi connectivity index (χ2v) is 6.22. The van der Waals surface area contributed by atoms with Crippen LogP contribution in [0.3, 0.4) is 0 Å². The van der Waals surface area contributed by atoms with Crippen LogP contribution in [0.2, 0.25) is 0 Å². The number of aromatic nitrogens is 2. The fourth-order valence-electron chi connectivity index (χ4n) is 2.10. The molecule has 0 fully saturated rings. The summed E-state index contributed by atoms with van der Waals surface area (Å²) in [7, 11) is 1.84. The van der Waals surface area contributed by atoms with Crippen molar-refractivity contribution in [3.8, 4) is 0 Å². The lowest BCUT2D eigenvalue weighted by atomic mass is 10.0. The van der Waals surface area contributed by atoms with Gasteiger partial charge in [0.25, 0.3) is 0 Å². The van der Waals surface area contributed by atoms with Crippen molar-refractivity contribution in [3.05, 3.63) is 49.9 Å². The Bertz CT molecular complexity index is 628. The second-order valence-electron chi connectivity index (χ2n) is 4.57. The lowest BCUT2D eigenvalue weighted by Gasteiger charge is -2.13. The molecule has 0 bridgehead atoms. The maximum atomic E-state index is 13.3. The van der Waals surface area contributed by atoms with E-state index in [-0.39, 0.29) is 5.82 Å². The van der Waals surface area contributed by atoms with Crippen LogP contribution in [-0.4, -0.2) is 14.9 Å². The summed E-state index contributed by atoms with van der Waals surface area (Å²) in [6.07, 6.45) is 0.386. The lowest BCUT2D eigenvalue weighted by molar-refractivity contribution is 0.174. The van der Waals surface area contributed by atoms with Crippen LogP contribution < -0.4 is 0 Å². The Hall–Kier alpha value is -0.720. The minimum absolute atomic E-state index is 0.361. The van der Waals surface area contributed by atoms with Gasteiger partial charge < -0.3 is 5.11 Å². The zero-order chi connectivity index (χ0) is 14.9. The summed E-state index contributed by atoms with van der Waals surface area (Å²) in [5.41, 5.74) is 2.38. The molecule has 1 aromatic carbocycles. The van der Waals surface area contributed by atoms with Gasteiger partial charge in [0, 0.05) is 17.9 Å². The van der Waals surface area contributed by atoms with Crippen LogP contribution >= 0.6 is 31.9 Å². The molecule has 6 heteroatoms. The standard InChI is InChI=1S/C14H15Br2FN2O/c1-3-11-14(16)12(19(2)18-11)7-13(20)9-6-8(17)4-5-10(9)15/h4-6,13,20H,3,7H2,1-2H3. The van der Waals surface area contributed by atoms with Gasteiger partial charge in [-0.1, -0.05) is 22.9 Å². The van der Waals surface area contributed by atoms with Gasteiger partial charge in [0.1, 0.15) is 5.82 Å². The average molecular weight is 406 g/mol. The third-order valence-corrected chi connectivity index (χ3v) is 4.84. The van der Waals surface area contributed by atoms with Gasteiger partial charge in [-0.25, -0.2) is 4.39 Å². The number of hydrogen-bond acceptors (Lipinski definition) is 2. The number of aliphatic hydroxyl groups is 1. The first-order valence-electron chi connectivity index (χ1n) is 6.27. The minimum atomic E-state index is -0.795. The highest BCUT2D eigenvalue weighted by atomic mass is 79.9. The summed E-state index contributed by atoms with van der Waals surface area (Å²) in [4.78, 5) is 0. The van der Waals surface area contributed by atoms with Crippen molar-refractivity contribution >= 4 is 31.9 Å². The lowest BCUT2D eigenvalue weighted by Crippen LogP contribution is -2.08. The molecule has 0 radical (unpaired) electrons. The predicted octanol–water partition coefficient (Wildman–Crippen LogP) is 3.92. The van der Waals surface area contributed by atoms with Crippen LogP contribution in [0.25, 0.3) is 0 Å². The molecule has 3 nitrogen and oxygen atoms in total. The zero-order valence-corrected chi connectivity index (χ0v) is 14.4. The van der Waals surface area contributed by atoms with E-state index < -0.39 is 6.10 Å². The predicted molar refractivity (Wildman–Crippen MR) is 83.0 cm³/mol. The van der Waals surface area contributed by atoms with Gasteiger partial charge in [-0.3, -0.25) is 4.68 Å². The number of nitrogens with zero attached hydrogens (tertiary/aromatic N) is 2. The van der Waals surface area contributed by atoms with Gasteiger partial charge in [-0.15, -0.1) is 0 Å². The van der Waals surface area contributed by atoms with Crippen LogP contribution in [0, 0.1) is 5.82 Å². The minimum Gasteiger partial charge on any atom is -0.388 e. The average Bonchev–Trinajstić information content (AvgIpc) is 2.68. The monoisotopic (exact) mass is 404 g/mol. The molecule has 20 heavy (non-hydrogen) atoms. The molecule has 0 spiro atoms. The summed E-state index contributed by atoms with van der Waals surface area (Å²) in [6, 6.07) is 4.30. The molecule has 0 saturated carbocycles. The second kappa shape index (κ2) is 6.37. The van der Waals surface area contributed by atoms with E-state index in [4.69, 9.17) is 0 Å². The van der Waals surface area contributed by atoms with Crippen molar-refractivity contribution in [2.24, 2.45) is 7.05 Å². The number of aryl methyl sites for hydroxylation is 2. The number of halogens is 3. The topological polar surface area (TPSA) is 38.0 Å². The van der Waals surface area contributed by atoms with E-state index in [9.17, 15) is 9.50 Å². The molecule has 2 rings (SSSR count). The van der Waals surface area contributed by atoms with Crippen LogP contribution in [0.5, 0.6) is 0 Å². The quantitative estimate of drug-likeness (QED) is 0.836. The first kappa shape index (κ1) is 15.7. The van der Waals surface area contributed by atoms with E-state index in [1.54, 1.807) is 10.7 Å². The van der Waals surface area contributed by atoms with Crippen LogP contribution in [0.1, 0.15) is 30.0 Å². The molecule has 0 saturated heterocycles. The Morgan fingerprint density at radius 2 is 2.10 bits per heavy atom. The normalized spacial score (nSPS) is 12.7. The molecular formula is C14H15Br2FN2O. The molecule has 1 heterocycles. The number of aliphatic hydroxyl groups excluding tert-OH is 1. The summed E-state index contributed by atoms with van der Waals surface area (Å²) in [5.74, 6) is -0.361. The molecule has 0 aliphatic carbocycles. The van der Waals surface area contributed by atoms with Crippen molar-refractivity contribution in [1.29, 1.82) is 0 Å². The van der Waals surface area contributed by atoms with Gasteiger partial charge in [0.2, 0.25) is 0 Å². The highest BCUT2D eigenvalue weighted by Gasteiger charge is 2.19. The first-order valence-corrected chi connectivity index (χ1v) is 7.85. The summed E-state index contributed by atoms with van der Waals surface area (Å²) in [6.45, 7) is 2.02. The zero-order valence-electron chi connectivity index (χ0n) is 11.2. The SMILES string of the molecule is CCc1nn(C)c(CC(O)c2cc(F)ccc2Br)c1Br. The third-order valence-electron chi connectivity index (χ3n) is 3.21. The molecule has 1 N–H and O–H groups in total. The maximum absolute atomic E-state index is 13.3. The van der Waals surface area contributed by atoms with Crippen LogP contribution in [-0.2, 0) is 19.9 Å². The van der Waals surface area contributed by atoms with Gasteiger partial charge in [-0.05, 0) is 46.1 Å². The van der Waals surface area contributed by atoms with Crippen molar-refractivity contribution in [2.75, 3.05) is 0 Å². The van der Waals surface area contributed by atoms with Crippen LogP contribution in [0.4, 0.5) is 4.39 Å². The Balaban J connectivity index is 2.30. The largest absolute Gasteiger partial charge is 0.388 e. The molecule has 1 unspecified atom stereocenters. The fourth-order valence-corrected chi connectivity index (χ4v) is 3.39. The molecule has 108 valence electrons. The van der Waals surface area contributed by atoms with E-state index in [0.717, 1.165) is 22.3 Å². The van der Waals surface area contributed by atoms with Crippen molar-refractivity contribution in [1.82, 2.24) is 9.78 Å². The van der Waals surface area contributed by atoms with Crippen molar-refractivity contribution < 1.29 is 9.50 Å². The van der Waals surface area contributed by atoms with Gasteiger partial charge in [0.15, 0.2) is 0 Å². The summed E-state index contributed by atoms with van der Waals surface area (Å²) < 4.78 is 16.7. The van der Waals surface area contributed by atoms with Gasteiger partial charge in [-0.2, -0.15) is 5.10 Å². The van der Waals surface area contributed by atoms with E-state index >= 15 is 0 Å². The molecule has 0 aliphatic heterocycles.